The number of amides is 3. The zero-order chi connectivity index (χ0) is 25.3. The number of alkyl halides is 3. The van der Waals surface area contributed by atoms with E-state index in [1.165, 1.54) is 18.2 Å². The van der Waals surface area contributed by atoms with Gasteiger partial charge in [-0.15, -0.1) is 0 Å². The van der Waals surface area contributed by atoms with Crippen LogP contribution in [-0.4, -0.2) is 30.0 Å². The van der Waals surface area contributed by atoms with Gasteiger partial charge in [-0.3, -0.25) is 9.59 Å². The molecule has 0 aromatic heterocycles. The molecule has 3 amide bonds. The Labute approximate surface area is 195 Å². The summed E-state index contributed by atoms with van der Waals surface area (Å²) in [4.78, 5) is 37.1. The summed E-state index contributed by atoms with van der Waals surface area (Å²) in [6, 6.07) is 11.2. The first kappa shape index (κ1) is 26.7. The van der Waals surface area contributed by atoms with Gasteiger partial charge in [-0.1, -0.05) is 62.4 Å². The third-order valence-electron chi connectivity index (χ3n) is 4.94. The summed E-state index contributed by atoms with van der Waals surface area (Å²) < 4.78 is 45.1. The monoisotopic (exact) mass is 479 g/mol. The number of primary amides is 1. The van der Waals surface area contributed by atoms with E-state index >= 15 is 0 Å². The number of ether oxygens (including phenoxy) is 1. The van der Waals surface area contributed by atoms with Crippen LogP contribution in [0.2, 0.25) is 0 Å². The van der Waals surface area contributed by atoms with Gasteiger partial charge in [0.1, 0.15) is 18.7 Å². The van der Waals surface area contributed by atoms with Gasteiger partial charge in [0.05, 0.1) is 5.56 Å². The molecule has 0 saturated heterocycles. The number of carbonyl (C=O) groups excluding carboxylic acids is 3. The van der Waals surface area contributed by atoms with Crippen molar-refractivity contribution in [3.63, 3.8) is 0 Å². The fraction of sp³-hybridized carbons (Fsp3) is 0.375. The van der Waals surface area contributed by atoms with E-state index in [4.69, 9.17) is 10.5 Å². The quantitative estimate of drug-likeness (QED) is 0.484. The molecule has 2 atom stereocenters. The van der Waals surface area contributed by atoms with Crippen LogP contribution >= 0.6 is 0 Å². The van der Waals surface area contributed by atoms with Gasteiger partial charge in [0.25, 0.3) is 0 Å². The van der Waals surface area contributed by atoms with Crippen LogP contribution in [0.4, 0.5) is 18.0 Å². The highest BCUT2D eigenvalue weighted by Gasteiger charge is 2.34. The van der Waals surface area contributed by atoms with Crippen molar-refractivity contribution < 1.29 is 32.3 Å². The van der Waals surface area contributed by atoms with E-state index in [0.29, 0.717) is 0 Å². The van der Waals surface area contributed by atoms with Gasteiger partial charge in [-0.2, -0.15) is 13.2 Å². The molecule has 2 rings (SSSR count). The summed E-state index contributed by atoms with van der Waals surface area (Å²) in [5.41, 5.74) is 5.00. The fourth-order valence-electron chi connectivity index (χ4n) is 3.30. The smallest absolute Gasteiger partial charge is 0.416 e. The molecule has 0 aliphatic rings. The van der Waals surface area contributed by atoms with Gasteiger partial charge in [-0.05, 0) is 29.5 Å². The van der Waals surface area contributed by atoms with Gasteiger partial charge < -0.3 is 21.1 Å². The normalized spacial score (nSPS) is 13.1. The molecular weight excluding hydrogens is 451 g/mol. The molecule has 10 heteroatoms. The van der Waals surface area contributed by atoms with Crippen LogP contribution in [0, 0.1) is 5.92 Å². The topological polar surface area (TPSA) is 111 Å². The molecule has 0 saturated carbocycles. The number of nitrogens with one attached hydrogen (secondary N) is 2. The van der Waals surface area contributed by atoms with Crippen LogP contribution in [-0.2, 0) is 33.5 Å². The number of hydrogen-bond acceptors (Lipinski definition) is 4. The number of rotatable bonds is 10. The van der Waals surface area contributed by atoms with Crippen molar-refractivity contribution in [2.45, 2.75) is 51.6 Å². The van der Waals surface area contributed by atoms with Gasteiger partial charge >= 0.3 is 12.3 Å². The highest BCUT2D eigenvalue weighted by molar-refractivity contribution is 5.90. The van der Waals surface area contributed by atoms with Crippen LogP contribution in [0.1, 0.15) is 37.0 Å². The highest BCUT2D eigenvalue weighted by atomic mass is 19.4. The van der Waals surface area contributed by atoms with E-state index in [-0.39, 0.29) is 24.5 Å². The van der Waals surface area contributed by atoms with Gasteiger partial charge in [0.2, 0.25) is 11.8 Å². The summed E-state index contributed by atoms with van der Waals surface area (Å²) in [7, 11) is 0. The Morgan fingerprint density at radius 3 is 2.15 bits per heavy atom. The van der Waals surface area contributed by atoms with Gasteiger partial charge in [0, 0.05) is 6.42 Å². The number of carbonyl (C=O) groups is 3. The second-order valence-corrected chi connectivity index (χ2v) is 8.21. The first-order valence-electron chi connectivity index (χ1n) is 10.7. The highest BCUT2D eigenvalue weighted by Crippen LogP contribution is 2.32. The summed E-state index contributed by atoms with van der Waals surface area (Å²) in [6.45, 7) is 3.63. The van der Waals surface area contributed by atoms with Crippen LogP contribution in [0.3, 0.4) is 0 Å². The SMILES string of the molecule is CC(C)C[C@H](NC(=O)OCc1ccccc1)C(=O)N[C@H](Cc1ccccc1C(F)(F)F)C(N)=O. The van der Waals surface area contributed by atoms with Crippen molar-refractivity contribution >= 4 is 17.9 Å². The average molecular weight is 479 g/mol. The third-order valence-corrected chi connectivity index (χ3v) is 4.94. The molecule has 7 nitrogen and oxygen atoms in total. The Hall–Kier alpha value is -3.56. The van der Waals surface area contributed by atoms with E-state index < -0.39 is 48.2 Å². The summed E-state index contributed by atoms with van der Waals surface area (Å²) in [5.74, 6) is -1.78. The zero-order valence-electron chi connectivity index (χ0n) is 18.9. The van der Waals surface area contributed by atoms with Gasteiger partial charge in [0.15, 0.2) is 0 Å². The Kier molecular flexibility index (Phi) is 9.47. The molecule has 0 aliphatic carbocycles. The summed E-state index contributed by atoms with van der Waals surface area (Å²) >= 11 is 0. The molecule has 0 spiro atoms. The standard InChI is InChI=1S/C24H28F3N3O4/c1-15(2)12-20(30-23(33)34-14-16-8-4-3-5-9-16)22(32)29-19(21(28)31)13-17-10-6-7-11-18(17)24(25,26)27/h3-11,15,19-20H,12-14H2,1-2H3,(H2,28,31)(H,29,32)(H,30,33)/t19-,20+/m1/s1. The van der Waals surface area contributed by atoms with E-state index in [0.717, 1.165) is 11.6 Å². The molecule has 0 aliphatic heterocycles. The van der Waals surface area contributed by atoms with E-state index in [9.17, 15) is 27.6 Å². The first-order valence-corrected chi connectivity index (χ1v) is 10.7. The maximum absolute atomic E-state index is 13.3. The van der Waals surface area contributed by atoms with Crippen LogP contribution < -0.4 is 16.4 Å². The molecule has 0 bridgehead atoms. The number of halogens is 3. The lowest BCUT2D eigenvalue weighted by molar-refractivity contribution is -0.138. The minimum atomic E-state index is -4.63. The maximum atomic E-state index is 13.3. The van der Waals surface area contributed by atoms with E-state index in [1.807, 2.05) is 19.9 Å². The Morgan fingerprint density at radius 2 is 1.56 bits per heavy atom. The van der Waals surface area contributed by atoms with E-state index in [2.05, 4.69) is 10.6 Å². The van der Waals surface area contributed by atoms with Crippen LogP contribution in [0.25, 0.3) is 0 Å². The first-order chi connectivity index (χ1) is 16.0. The molecule has 184 valence electrons. The molecule has 34 heavy (non-hydrogen) atoms. The van der Waals surface area contributed by atoms with Crippen molar-refractivity contribution in [3.8, 4) is 0 Å². The molecule has 2 aromatic carbocycles. The Morgan fingerprint density at radius 1 is 0.941 bits per heavy atom. The summed E-state index contributed by atoms with van der Waals surface area (Å²) in [6.07, 6.45) is -5.73. The lowest BCUT2D eigenvalue weighted by Crippen LogP contribution is -2.54. The summed E-state index contributed by atoms with van der Waals surface area (Å²) in [5, 5.41) is 4.83. The van der Waals surface area contributed by atoms with Crippen molar-refractivity contribution in [2.24, 2.45) is 11.7 Å². The predicted octanol–water partition coefficient (Wildman–Crippen LogP) is 3.56. The number of hydrogen-bond donors (Lipinski definition) is 3. The number of nitrogens with two attached hydrogens (primary N) is 1. The molecule has 0 radical (unpaired) electrons. The van der Waals surface area contributed by atoms with Crippen LogP contribution in [0.5, 0.6) is 0 Å². The average Bonchev–Trinajstić information content (AvgIpc) is 2.76. The Bertz CT molecular complexity index is 981. The second-order valence-electron chi connectivity index (χ2n) is 8.21. The lowest BCUT2D eigenvalue weighted by atomic mass is 9.98. The minimum absolute atomic E-state index is 0.0131. The molecule has 2 aromatic rings. The van der Waals surface area contributed by atoms with Crippen LogP contribution in [0.15, 0.2) is 54.6 Å². The molecule has 0 unspecified atom stereocenters. The van der Waals surface area contributed by atoms with Crippen molar-refractivity contribution in [2.75, 3.05) is 0 Å². The molecule has 4 N–H and O–H groups in total. The van der Waals surface area contributed by atoms with E-state index in [1.54, 1.807) is 24.3 Å². The Balaban J connectivity index is 2.09. The van der Waals surface area contributed by atoms with Crippen molar-refractivity contribution in [1.82, 2.24) is 10.6 Å². The van der Waals surface area contributed by atoms with Crippen molar-refractivity contribution in [3.05, 3.63) is 71.3 Å². The second kappa shape index (κ2) is 12.1. The molecule has 0 heterocycles. The van der Waals surface area contributed by atoms with Crippen molar-refractivity contribution in [1.29, 1.82) is 0 Å². The molecular formula is C24H28F3N3O4. The fourth-order valence-corrected chi connectivity index (χ4v) is 3.30. The third kappa shape index (κ3) is 8.42. The number of benzene rings is 2. The molecule has 0 fully saturated rings. The zero-order valence-corrected chi connectivity index (χ0v) is 18.9. The number of alkyl carbamates (subject to hydrolysis) is 1. The predicted molar refractivity (Wildman–Crippen MR) is 119 cm³/mol. The van der Waals surface area contributed by atoms with Gasteiger partial charge in [-0.25, -0.2) is 4.79 Å². The lowest BCUT2D eigenvalue weighted by Gasteiger charge is -2.23. The minimum Gasteiger partial charge on any atom is -0.445 e. The largest absolute Gasteiger partial charge is 0.445 e. The maximum Gasteiger partial charge on any atom is 0.416 e.